The normalized spacial score (nSPS) is 12.2. The maximum Gasteiger partial charge on any atom is 0.143 e. The highest BCUT2D eigenvalue weighted by atomic mass is 32.1. The zero-order valence-corrected chi connectivity index (χ0v) is 23.7. The van der Waals surface area contributed by atoms with Crippen molar-refractivity contribution in [3.8, 4) is 22.3 Å². The molecule has 3 heteroatoms. The van der Waals surface area contributed by atoms with Gasteiger partial charge in [0.25, 0.3) is 0 Å². The summed E-state index contributed by atoms with van der Waals surface area (Å²) in [5.41, 5.74) is 7.50. The fourth-order valence-corrected chi connectivity index (χ4v) is 8.36. The molecule has 10 rings (SSSR count). The van der Waals surface area contributed by atoms with Crippen LogP contribution >= 0.6 is 11.3 Å². The van der Waals surface area contributed by atoms with Crippen molar-refractivity contribution in [3.05, 3.63) is 134 Å². The highest BCUT2D eigenvalue weighted by Gasteiger charge is 2.22. The van der Waals surface area contributed by atoms with Crippen LogP contribution < -0.4 is 0 Å². The van der Waals surface area contributed by atoms with Crippen molar-refractivity contribution in [1.82, 2.24) is 0 Å². The second-order valence-electron chi connectivity index (χ2n) is 11.2. The van der Waals surface area contributed by atoms with Crippen LogP contribution in [0.2, 0.25) is 0 Å². The van der Waals surface area contributed by atoms with Gasteiger partial charge in [0, 0.05) is 47.5 Å². The standard InChI is InChI=1S/C40H22O2S/c1-3-11-25-23(9-1)36(29-14-8-18-35-39(29)28-13-5-6-17-34(28)43-35)24-10-2-4-12-26(24)37(25)30-15-7-16-31-38-27-21-22-41-32(27)19-20-33(38)42-40(30)31/h1-22H. The van der Waals surface area contributed by atoms with Crippen LogP contribution in [-0.4, -0.2) is 0 Å². The minimum atomic E-state index is 0.871. The van der Waals surface area contributed by atoms with Gasteiger partial charge >= 0.3 is 0 Å². The quantitative estimate of drug-likeness (QED) is 0.195. The summed E-state index contributed by atoms with van der Waals surface area (Å²) in [6, 6.07) is 45.8. The number of hydrogen-bond acceptors (Lipinski definition) is 3. The van der Waals surface area contributed by atoms with Crippen molar-refractivity contribution in [2.75, 3.05) is 0 Å². The number of hydrogen-bond donors (Lipinski definition) is 0. The first-order valence-corrected chi connectivity index (χ1v) is 15.3. The van der Waals surface area contributed by atoms with Crippen LogP contribution in [0.1, 0.15) is 0 Å². The molecule has 0 fully saturated rings. The number of para-hydroxylation sites is 1. The van der Waals surface area contributed by atoms with Gasteiger partial charge < -0.3 is 8.83 Å². The number of furan rings is 2. The molecule has 0 aliphatic heterocycles. The summed E-state index contributed by atoms with van der Waals surface area (Å²) in [6.45, 7) is 0. The maximum atomic E-state index is 6.68. The summed E-state index contributed by atoms with van der Waals surface area (Å²) >= 11 is 1.87. The van der Waals surface area contributed by atoms with Crippen LogP contribution in [0.15, 0.2) is 142 Å². The number of benzene rings is 7. The summed E-state index contributed by atoms with van der Waals surface area (Å²) in [6.07, 6.45) is 1.75. The van der Waals surface area contributed by atoms with E-state index in [4.69, 9.17) is 8.83 Å². The molecule has 0 radical (unpaired) electrons. The van der Waals surface area contributed by atoms with Gasteiger partial charge in [-0.3, -0.25) is 0 Å². The second-order valence-corrected chi connectivity index (χ2v) is 12.3. The average Bonchev–Trinajstić information content (AvgIpc) is 3.78. The molecule has 0 spiro atoms. The average molecular weight is 567 g/mol. The Kier molecular flexibility index (Phi) is 4.63. The molecular formula is C40H22O2S. The van der Waals surface area contributed by atoms with E-state index in [1.54, 1.807) is 6.26 Å². The van der Waals surface area contributed by atoms with Crippen molar-refractivity contribution < 1.29 is 8.83 Å². The number of thiophene rings is 1. The lowest BCUT2D eigenvalue weighted by atomic mass is 9.84. The minimum absolute atomic E-state index is 0.871. The first-order chi connectivity index (χ1) is 21.3. The predicted octanol–water partition coefficient (Wildman–Crippen LogP) is 12.3. The van der Waals surface area contributed by atoms with Gasteiger partial charge in [0.1, 0.15) is 16.7 Å². The van der Waals surface area contributed by atoms with E-state index in [9.17, 15) is 0 Å². The van der Waals surface area contributed by atoms with E-state index in [2.05, 4.69) is 109 Å². The molecule has 0 unspecified atom stereocenters. The Morgan fingerprint density at radius 1 is 0.395 bits per heavy atom. The molecule has 0 aliphatic rings. The first kappa shape index (κ1) is 23.2. The van der Waals surface area contributed by atoms with E-state index in [1.807, 2.05) is 29.5 Å². The minimum Gasteiger partial charge on any atom is -0.464 e. The van der Waals surface area contributed by atoms with Crippen LogP contribution in [0, 0.1) is 0 Å². The van der Waals surface area contributed by atoms with Gasteiger partial charge in [-0.2, -0.15) is 0 Å². The predicted molar refractivity (Wildman–Crippen MR) is 182 cm³/mol. The molecule has 7 aromatic carbocycles. The van der Waals surface area contributed by atoms with Crippen LogP contribution in [0.5, 0.6) is 0 Å². The molecule has 0 saturated heterocycles. The monoisotopic (exact) mass is 566 g/mol. The van der Waals surface area contributed by atoms with Crippen molar-refractivity contribution in [2.24, 2.45) is 0 Å². The summed E-state index contributed by atoms with van der Waals surface area (Å²) in [7, 11) is 0. The van der Waals surface area contributed by atoms with E-state index >= 15 is 0 Å². The molecule has 3 aromatic heterocycles. The molecule has 0 aliphatic carbocycles. The zero-order valence-electron chi connectivity index (χ0n) is 22.9. The summed E-state index contributed by atoms with van der Waals surface area (Å²) in [5.74, 6) is 0. The van der Waals surface area contributed by atoms with Crippen molar-refractivity contribution >= 4 is 86.0 Å². The molecule has 10 aromatic rings. The molecule has 0 bridgehead atoms. The van der Waals surface area contributed by atoms with Gasteiger partial charge in [-0.1, -0.05) is 97.1 Å². The Morgan fingerprint density at radius 2 is 0.977 bits per heavy atom. The molecule has 0 amide bonds. The van der Waals surface area contributed by atoms with E-state index in [0.717, 1.165) is 38.5 Å². The molecule has 0 N–H and O–H groups in total. The van der Waals surface area contributed by atoms with Gasteiger partial charge in [0.15, 0.2) is 0 Å². The highest BCUT2D eigenvalue weighted by Crippen LogP contribution is 2.49. The maximum absolute atomic E-state index is 6.68. The zero-order chi connectivity index (χ0) is 28.1. The summed E-state index contributed by atoms with van der Waals surface area (Å²) in [4.78, 5) is 0. The molecule has 0 atom stereocenters. The summed E-state index contributed by atoms with van der Waals surface area (Å²) < 4.78 is 15.1. The lowest BCUT2D eigenvalue weighted by molar-refractivity contribution is 0.615. The van der Waals surface area contributed by atoms with Crippen LogP contribution in [-0.2, 0) is 0 Å². The van der Waals surface area contributed by atoms with Gasteiger partial charge in [-0.15, -0.1) is 11.3 Å². The van der Waals surface area contributed by atoms with Crippen LogP contribution in [0.25, 0.3) is 96.9 Å². The molecular weight excluding hydrogens is 545 g/mol. The third-order valence-electron chi connectivity index (χ3n) is 8.97. The van der Waals surface area contributed by atoms with Crippen LogP contribution in [0.4, 0.5) is 0 Å². The highest BCUT2D eigenvalue weighted by molar-refractivity contribution is 7.25. The van der Waals surface area contributed by atoms with Crippen molar-refractivity contribution in [3.63, 3.8) is 0 Å². The topological polar surface area (TPSA) is 26.3 Å². The van der Waals surface area contributed by atoms with E-state index in [1.165, 1.54) is 58.4 Å². The van der Waals surface area contributed by atoms with Crippen LogP contribution in [0.3, 0.4) is 0 Å². The Hall–Kier alpha value is -5.38. The van der Waals surface area contributed by atoms with Gasteiger partial charge in [0.2, 0.25) is 0 Å². The fourth-order valence-electron chi connectivity index (χ4n) is 7.23. The van der Waals surface area contributed by atoms with Gasteiger partial charge in [0.05, 0.1) is 6.26 Å². The number of rotatable bonds is 2. The SMILES string of the molecule is c1ccc2c(c1)sc1cccc(-c3c4ccccc4c(-c4cccc5c4oc4ccc6occc6c45)c4ccccc34)c12. The third kappa shape index (κ3) is 3.12. The van der Waals surface area contributed by atoms with E-state index < -0.39 is 0 Å². The molecule has 200 valence electrons. The molecule has 43 heavy (non-hydrogen) atoms. The van der Waals surface area contributed by atoms with Crippen molar-refractivity contribution in [2.45, 2.75) is 0 Å². The lowest BCUT2D eigenvalue weighted by Gasteiger charge is -2.18. The summed E-state index contributed by atoms with van der Waals surface area (Å²) in [5, 5.41) is 10.8. The van der Waals surface area contributed by atoms with E-state index in [-0.39, 0.29) is 0 Å². The smallest absolute Gasteiger partial charge is 0.143 e. The van der Waals surface area contributed by atoms with Gasteiger partial charge in [-0.25, -0.2) is 0 Å². The Bertz CT molecular complexity index is 2680. The molecule has 0 saturated carbocycles. The first-order valence-electron chi connectivity index (χ1n) is 14.5. The Morgan fingerprint density at radius 3 is 1.74 bits per heavy atom. The van der Waals surface area contributed by atoms with E-state index in [0.29, 0.717) is 0 Å². The number of fused-ring (bicyclic) bond motifs is 10. The molecule has 3 heterocycles. The lowest BCUT2D eigenvalue weighted by Crippen LogP contribution is -1.91. The van der Waals surface area contributed by atoms with Gasteiger partial charge in [-0.05, 0) is 63.0 Å². The Balaban J connectivity index is 1.37. The molecule has 2 nitrogen and oxygen atoms in total. The fraction of sp³-hybridized carbons (Fsp3) is 0. The second kappa shape index (κ2) is 8.57. The largest absolute Gasteiger partial charge is 0.464 e. The Labute approximate surface area is 250 Å². The third-order valence-corrected chi connectivity index (χ3v) is 10.1. The van der Waals surface area contributed by atoms with Crippen molar-refractivity contribution in [1.29, 1.82) is 0 Å².